The van der Waals surface area contributed by atoms with Crippen molar-refractivity contribution in [3.8, 4) is 0 Å². The molecular weight excluding hydrogens is 392 g/mol. The van der Waals surface area contributed by atoms with E-state index >= 15 is 0 Å². The highest BCUT2D eigenvalue weighted by atomic mass is 32.2. The van der Waals surface area contributed by atoms with Gasteiger partial charge in [-0.1, -0.05) is 30.3 Å². The highest BCUT2D eigenvalue weighted by molar-refractivity contribution is 7.89. The summed E-state index contributed by atoms with van der Waals surface area (Å²) < 4.78 is 33.0. The third-order valence-electron chi connectivity index (χ3n) is 5.16. The van der Waals surface area contributed by atoms with Crippen LogP contribution in [0, 0.1) is 5.92 Å². The Hall–Kier alpha value is -2.45. The molecule has 0 unspecified atom stereocenters. The van der Waals surface area contributed by atoms with Gasteiger partial charge in [-0.05, 0) is 49.6 Å². The van der Waals surface area contributed by atoms with Gasteiger partial charge < -0.3 is 9.64 Å². The van der Waals surface area contributed by atoms with E-state index in [2.05, 4.69) is 4.72 Å². The SMILES string of the molecule is CCOC(=O)C1CCN(C(=O)[C@@H](C)NS(=O)(=O)c2ccc3ccccc3c2)CC1. The lowest BCUT2D eigenvalue weighted by Crippen LogP contribution is -2.49. The van der Waals surface area contributed by atoms with Crippen molar-refractivity contribution in [3.05, 3.63) is 42.5 Å². The summed E-state index contributed by atoms with van der Waals surface area (Å²) >= 11 is 0. The van der Waals surface area contributed by atoms with Crippen molar-refractivity contribution in [2.45, 2.75) is 37.6 Å². The van der Waals surface area contributed by atoms with Crippen LogP contribution in [0.1, 0.15) is 26.7 Å². The molecule has 1 aliphatic heterocycles. The first-order valence-corrected chi connectivity index (χ1v) is 11.3. The second kappa shape index (κ2) is 8.92. The number of nitrogens with zero attached hydrogens (tertiary/aromatic N) is 1. The molecule has 29 heavy (non-hydrogen) atoms. The number of hydrogen-bond donors (Lipinski definition) is 1. The van der Waals surface area contributed by atoms with E-state index in [1.54, 1.807) is 30.9 Å². The zero-order chi connectivity index (χ0) is 21.0. The summed E-state index contributed by atoms with van der Waals surface area (Å²) in [6.07, 6.45) is 1.05. The first-order valence-electron chi connectivity index (χ1n) is 9.78. The van der Waals surface area contributed by atoms with Crippen LogP contribution in [0.3, 0.4) is 0 Å². The molecule has 0 bridgehead atoms. The zero-order valence-electron chi connectivity index (χ0n) is 16.6. The van der Waals surface area contributed by atoms with Crippen LogP contribution in [-0.2, 0) is 24.3 Å². The van der Waals surface area contributed by atoms with E-state index in [1.807, 2.05) is 24.3 Å². The van der Waals surface area contributed by atoms with Crippen LogP contribution in [0.2, 0.25) is 0 Å². The van der Waals surface area contributed by atoms with Crippen molar-refractivity contribution >= 4 is 32.7 Å². The number of amides is 1. The number of rotatable bonds is 6. The highest BCUT2D eigenvalue weighted by Crippen LogP contribution is 2.21. The maximum Gasteiger partial charge on any atom is 0.309 e. The number of likely N-dealkylation sites (tertiary alicyclic amines) is 1. The van der Waals surface area contributed by atoms with Crippen LogP contribution in [0.25, 0.3) is 10.8 Å². The lowest BCUT2D eigenvalue weighted by molar-refractivity contribution is -0.151. The lowest BCUT2D eigenvalue weighted by atomic mass is 9.96. The average Bonchev–Trinajstić information content (AvgIpc) is 2.72. The summed E-state index contributed by atoms with van der Waals surface area (Å²) in [4.78, 5) is 26.3. The maximum absolute atomic E-state index is 12.7. The summed E-state index contributed by atoms with van der Waals surface area (Å²) in [7, 11) is -3.84. The normalized spacial score (nSPS) is 16.6. The van der Waals surface area contributed by atoms with Gasteiger partial charge in [-0.3, -0.25) is 9.59 Å². The number of sulfonamides is 1. The van der Waals surface area contributed by atoms with Gasteiger partial charge >= 0.3 is 5.97 Å². The molecule has 2 aromatic carbocycles. The molecule has 1 N–H and O–H groups in total. The van der Waals surface area contributed by atoms with Crippen LogP contribution in [-0.4, -0.2) is 50.9 Å². The molecule has 1 amide bonds. The summed E-state index contributed by atoms with van der Waals surface area (Å²) in [5, 5.41) is 1.76. The number of piperidine rings is 1. The Morgan fingerprint density at radius 3 is 2.45 bits per heavy atom. The third kappa shape index (κ3) is 4.94. The number of esters is 1. The fourth-order valence-electron chi connectivity index (χ4n) is 3.56. The fraction of sp³-hybridized carbons (Fsp3) is 0.429. The minimum absolute atomic E-state index is 0.122. The second-order valence-corrected chi connectivity index (χ2v) is 8.92. The Kier molecular flexibility index (Phi) is 6.54. The van der Waals surface area contributed by atoms with Crippen LogP contribution in [0.15, 0.2) is 47.4 Å². The van der Waals surface area contributed by atoms with Crippen molar-refractivity contribution in [1.82, 2.24) is 9.62 Å². The van der Waals surface area contributed by atoms with Gasteiger partial charge in [-0.2, -0.15) is 4.72 Å². The number of benzene rings is 2. The van der Waals surface area contributed by atoms with E-state index in [9.17, 15) is 18.0 Å². The summed E-state index contributed by atoms with van der Waals surface area (Å²) in [5.41, 5.74) is 0. The first-order chi connectivity index (χ1) is 13.8. The largest absolute Gasteiger partial charge is 0.466 e. The van der Waals surface area contributed by atoms with Crippen LogP contribution < -0.4 is 4.72 Å². The number of ether oxygens (including phenoxy) is 1. The minimum atomic E-state index is -3.84. The molecule has 1 fully saturated rings. The van der Waals surface area contributed by atoms with E-state index in [0.29, 0.717) is 32.5 Å². The monoisotopic (exact) mass is 418 g/mol. The number of carbonyl (C=O) groups is 2. The fourth-order valence-corrected chi connectivity index (χ4v) is 4.79. The molecular formula is C21H26N2O5S. The average molecular weight is 419 g/mol. The summed E-state index contributed by atoms with van der Waals surface area (Å²) in [5.74, 6) is -0.732. The quantitative estimate of drug-likeness (QED) is 0.727. The topological polar surface area (TPSA) is 92.8 Å². The van der Waals surface area contributed by atoms with Crippen LogP contribution in [0.5, 0.6) is 0 Å². The zero-order valence-corrected chi connectivity index (χ0v) is 17.4. The molecule has 156 valence electrons. The van der Waals surface area contributed by atoms with Crippen LogP contribution in [0.4, 0.5) is 0 Å². The predicted octanol–water partition coefficient (Wildman–Crippen LogP) is 2.31. The predicted molar refractivity (Wildman–Crippen MR) is 110 cm³/mol. The molecule has 0 saturated carbocycles. The van der Waals surface area contributed by atoms with Gasteiger partial charge in [0.2, 0.25) is 15.9 Å². The minimum Gasteiger partial charge on any atom is -0.466 e. The third-order valence-corrected chi connectivity index (χ3v) is 6.70. The standard InChI is InChI=1S/C21H26N2O5S/c1-3-28-21(25)17-10-12-23(13-11-17)20(24)15(2)22-29(26,27)19-9-8-16-6-4-5-7-18(16)14-19/h4-9,14-15,17,22H,3,10-13H2,1-2H3/t15-/m1/s1. The van der Waals surface area contributed by atoms with E-state index in [4.69, 9.17) is 4.74 Å². The molecule has 7 nitrogen and oxygen atoms in total. The molecule has 3 rings (SSSR count). The Balaban J connectivity index is 1.63. The molecule has 0 radical (unpaired) electrons. The second-order valence-electron chi connectivity index (χ2n) is 7.20. The highest BCUT2D eigenvalue weighted by Gasteiger charge is 2.31. The smallest absolute Gasteiger partial charge is 0.309 e. The van der Waals surface area contributed by atoms with E-state index in [1.165, 1.54) is 6.07 Å². The molecule has 8 heteroatoms. The maximum atomic E-state index is 12.7. The molecule has 1 heterocycles. The molecule has 0 aliphatic carbocycles. The van der Waals surface area contributed by atoms with Crippen molar-refractivity contribution < 1.29 is 22.7 Å². The molecule has 0 aromatic heterocycles. The van der Waals surface area contributed by atoms with Crippen molar-refractivity contribution in [3.63, 3.8) is 0 Å². The van der Waals surface area contributed by atoms with Gasteiger partial charge in [0.1, 0.15) is 0 Å². The van der Waals surface area contributed by atoms with Gasteiger partial charge in [-0.25, -0.2) is 8.42 Å². The number of carbonyl (C=O) groups excluding carboxylic acids is 2. The number of fused-ring (bicyclic) bond motifs is 1. The van der Waals surface area contributed by atoms with Gasteiger partial charge in [0.05, 0.1) is 23.5 Å². The summed E-state index contributed by atoms with van der Waals surface area (Å²) in [6.45, 7) is 4.46. The first kappa shape index (κ1) is 21.3. The van der Waals surface area contributed by atoms with Crippen molar-refractivity contribution in [2.24, 2.45) is 5.92 Å². The molecule has 1 atom stereocenters. The Labute approximate surface area is 171 Å². The van der Waals surface area contributed by atoms with Gasteiger partial charge in [0.15, 0.2) is 0 Å². The van der Waals surface area contributed by atoms with Gasteiger partial charge in [0, 0.05) is 13.1 Å². The van der Waals surface area contributed by atoms with E-state index < -0.39 is 16.1 Å². The van der Waals surface area contributed by atoms with Crippen molar-refractivity contribution in [2.75, 3.05) is 19.7 Å². The summed E-state index contributed by atoms with van der Waals surface area (Å²) in [6, 6.07) is 11.5. The number of nitrogens with one attached hydrogen (secondary N) is 1. The molecule has 2 aromatic rings. The Morgan fingerprint density at radius 1 is 1.14 bits per heavy atom. The number of hydrogen-bond acceptors (Lipinski definition) is 5. The van der Waals surface area contributed by atoms with Gasteiger partial charge in [0.25, 0.3) is 0 Å². The molecule has 1 saturated heterocycles. The van der Waals surface area contributed by atoms with Crippen molar-refractivity contribution in [1.29, 1.82) is 0 Å². The van der Waals surface area contributed by atoms with Gasteiger partial charge in [-0.15, -0.1) is 0 Å². The molecule has 1 aliphatic rings. The van der Waals surface area contributed by atoms with E-state index in [0.717, 1.165) is 10.8 Å². The van der Waals surface area contributed by atoms with Crippen LogP contribution >= 0.6 is 0 Å². The van der Waals surface area contributed by atoms with E-state index in [-0.39, 0.29) is 22.7 Å². The molecule has 0 spiro atoms. The lowest BCUT2D eigenvalue weighted by Gasteiger charge is -2.32. The Bertz CT molecular complexity index is 997. The Morgan fingerprint density at radius 2 is 1.79 bits per heavy atom.